The SMILES string of the molecule is CC1=CC23C(=O)C(C=C4COC5(CCCCC5)O[C@H]4[C@]2(O)[C@H]1O)[C@H]1[C@@H](C[C@H]3C)C1(C)C. The van der Waals surface area contributed by atoms with Gasteiger partial charge < -0.3 is 19.7 Å². The molecule has 0 amide bonds. The molecule has 5 aliphatic carbocycles. The second-order valence-corrected chi connectivity index (χ2v) is 12.0. The molecule has 5 heteroatoms. The number of hydrogen-bond donors (Lipinski definition) is 2. The van der Waals surface area contributed by atoms with Crippen LogP contribution < -0.4 is 0 Å². The van der Waals surface area contributed by atoms with Crippen LogP contribution in [0.25, 0.3) is 0 Å². The zero-order valence-corrected chi connectivity index (χ0v) is 19.2. The van der Waals surface area contributed by atoms with Crippen molar-refractivity contribution in [3.05, 3.63) is 23.3 Å². The molecule has 31 heavy (non-hydrogen) atoms. The number of Topliss-reactive ketones (excluding diaryl/α,β-unsaturated/α-hetero) is 1. The highest BCUT2D eigenvalue weighted by molar-refractivity contribution is 5.95. The lowest BCUT2D eigenvalue weighted by Gasteiger charge is -2.54. The maximum absolute atomic E-state index is 14.3. The lowest BCUT2D eigenvalue weighted by Crippen LogP contribution is -2.68. The molecule has 1 saturated heterocycles. The number of aliphatic hydroxyl groups excluding tert-OH is 1. The number of allylic oxidation sites excluding steroid dienone is 1. The van der Waals surface area contributed by atoms with Crippen molar-refractivity contribution in [1.82, 2.24) is 0 Å². The first-order valence-electron chi connectivity index (χ1n) is 12.2. The highest BCUT2D eigenvalue weighted by atomic mass is 16.7. The monoisotopic (exact) mass is 428 g/mol. The first-order valence-corrected chi connectivity index (χ1v) is 12.2. The minimum atomic E-state index is -1.69. The first-order chi connectivity index (χ1) is 14.6. The summed E-state index contributed by atoms with van der Waals surface area (Å²) < 4.78 is 13.0. The molecule has 6 aliphatic rings. The zero-order valence-electron chi connectivity index (χ0n) is 19.2. The van der Waals surface area contributed by atoms with Crippen LogP contribution in [-0.4, -0.2) is 46.2 Å². The molecule has 0 aromatic carbocycles. The summed E-state index contributed by atoms with van der Waals surface area (Å²) in [5.74, 6) is -0.254. The van der Waals surface area contributed by atoms with E-state index in [4.69, 9.17) is 9.47 Å². The Labute approximate surface area is 184 Å². The molecular weight excluding hydrogens is 392 g/mol. The summed E-state index contributed by atoms with van der Waals surface area (Å²) in [6, 6.07) is 0. The quantitative estimate of drug-likeness (QED) is 0.577. The molecule has 5 nitrogen and oxygen atoms in total. The van der Waals surface area contributed by atoms with Gasteiger partial charge >= 0.3 is 0 Å². The molecule has 3 saturated carbocycles. The molecule has 0 radical (unpaired) electrons. The van der Waals surface area contributed by atoms with Crippen LogP contribution in [-0.2, 0) is 14.3 Å². The van der Waals surface area contributed by atoms with E-state index in [0.717, 1.165) is 44.1 Å². The second kappa shape index (κ2) is 6.11. The summed E-state index contributed by atoms with van der Waals surface area (Å²) >= 11 is 0. The Morgan fingerprint density at radius 3 is 2.58 bits per heavy atom. The third kappa shape index (κ3) is 2.29. The van der Waals surface area contributed by atoms with Crippen molar-refractivity contribution in [2.45, 2.75) is 89.8 Å². The van der Waals surface area contributed by atoms with E-state index in [0.29, 0.717) is 18.1 Å². The Hall–Kier alpha value is -1.01. The second-order valence-electron chi connectivity index (χ2n) is 12.0. The number of ether oxygens (including phenoxy) is 2. The van der Waals surface area contributed by atoms with Crippen LogP contribution in [0.3, 0.4) is 0 Å². The molecule has 8 atom stereocenters. The number of ketones is 1. The summed E-state index contributed by atoms with van der Waals surface area (Å²) in [5.41, 5.74) is -1.17. The normalized spacial score (nSPS) is 51.6. The number of carbonyl (C=O) groups is 1. The van der Waals surface area contributed by atoms with Crippen molar-refractivity contribution in [2.24, 2.45) is 34.5 Å². The van der Waals surface area contributed by atoms with Gasteiger partial charge in [-0.05, 0) is 60.5 Å². The van der Waals surface area contributed by atoms with Crippen LogP contribution in [0.2, 0.25) is 0 Å². The highest BCUT2D eigenvalue weighted by Crippen LogP contribution is 2.72. The highest BCUT2D eigenvalue weighted by Gasteiger charge is 2.76. The predicted octanol–water partition coefficient (Wildman–Crippen LogP) is 3.54. The lowest BCUT2D eigenvalue weighted by molar-refractivity contribution is -0.326. The van der Waals surface area contributed by atoms with Gasteiger partial charge in [-0.25, -0.2) is 0 Å². The van der Waals surface area contributed by atoms with Crippen LogP contribution in [0, 0.1) is 34.5 Å². The summed E-state index contributed by atoms with van der Waals surface area (Å²) in [7, 11) is 0. The summed E-state index contributed by atoms with van der Waals surface area (Å²) in [5, 5.41) is 23.9. The van der Waals surface area contributed by atoms with Crippen molar-refractivity contribution in [3.63, 3.8) is 0 Å². The van der Waals surface area contributed by atoms with Gasteiger partial charge in [-0.1, -0.05) is 39.3 Å². The Kier molecular flexibility index (Phi) is 4.05. The fraction of sp³-hybridized carbons (Fsp3) is 0.808. The minimum absolute atomic E-state index is 0.0691. The molecule has 2 bridgehead atoms. The third-order valence-electron chi connectivity index (χ3n) is 10.2. The van der Waals surface area contributed by atoms with Crippen molar-refractivity contribution in [1.29, 1.82) is 0 Å². The van der Waals surface area contributed by atoms with Crippen LogP contribution >= 0.6 is 0 Å². The van der Waals surface area contributed by atoms with E-state index in [1.54, 1.807) is 0 Å². The number of hydrogen-bond acceptors (Lipinski definition) is 5. The van der Waals surface area contributed by atoms with Crippen LogP contribution in [0.5, 0.6) is 0 Å². The average Bonchev–Trinajstić information content (AvgIpc) is 3.24. The Bertz CT molecular complexity index is 895. The van der Waals surface area contributed by atoms with E-state index in [2.05, 4.69) is 26.8 Å². The van der Waals surface area contributed by atoms with Crippen molar-refractivity contribution in [2.75, 3.05) is 6.61 Å². The number of rotatable bonds is 0. The van der Waals surface area contributed by atoms with Gasteiger partial charge in [0.05, 0.1) is 12.0 Å². The van der Waals surface area contributed by atoms with Gasteiger partial charge in [-0.3, -0.25) is 4.79 Å². The van der Waals surface area contributed by atoms with E-state index in [1.165, 1.54) is 0 Å². The Morgan fingerprint density at radius 2 is 1.87 bits per heavy atom. The largest absolute Gasteiger partial charge is 0.386 e. The first kappa shape index (κ1) is 20.6. The van der Waals surface area contributed by atoms with Crippen LogP contribution in [0.15, 0.2) is 23.3 Å². The fourth-order valence-electron chi connectivity index (χ4n) is 8.38. The van der Waals surface area contributed by atoms with Gasteiger partial charge in [0.2, 0.25) is 0 Å². The van der Waals surface area contributed by atoms with E-state index in [9.17, 15) is 15.0 Å². The number of aliphatic hydroxyl groups is 2. The molecule has 170 valence electrons. The molecule has 6 rings (SSSR count). The maximum atomic E-state index is 14.3. The predicted molar refractivity (Wildman–Crippen MR) is 115 cm³/mol. The van der Waals surface area contributed by atoms with Gasteiger partial charge in [-0.15, -0.1) is 0 Å². The Morgan fingerprint density at radius 1 is 1.16 bits per heavy atom. The standard InChI is InChI=1S/C26H36O5/c1-14-12-25-15(2)10-18-19(23(18,3)4)17(21(25)28)11-16-13-30-24(8-6-5-7-9-24)31-22(16)26(25,29)20(14)27/h11-12,15,17-20,22,27,29H,5-10,13H2,1-4H3/t15-,17?,18-,19+,20+,22-,25?,26-/m1/s1. The fourth-order valence-corrected chi connectivity index (χ4v) is 8.38. The van der Waals surface area contributed by atoms with Gasteiger partial charge in [-0.2, -0.15) is 0 Å². The van der Waals surface area contributed by atoms with Gasteiger partial charge in [0, 0.05) is 18.8 Å². The smallest absolute Gasteiger partial charge is 0.169 e. The number of carbonyl (C=O) groups excluding carboxylic acids is 1. The Balaban J connectivity index is 1.55. The lowest BCUT2D eigenvalue weighted by atomic mass is 9.59. The van der Waals surface area contributed by atoms with Gasteiger partial charge in [0.25, 0.3) is 0 Å². The van der Waals surface area contributed by atoms with Crippen molar-refractivity contribution < 1.29 is 24.5 Å². The number of fused-ring (bicyclic) bond motifs is 5. The van der Waals surface area contributed by atoms with Crippen LogP contribution in [0.4, 0.5) is 0 Å². The van der Waals surface area contributed by atoms with Gasteiger partial charge in [0.1, 0.15) is 17.8 Å². The van der Waals surface area contributed by atoms with Crippen molar-refractivity contribution in [3.8, 4) is 0 Å². The average molecular weight is 429 g/mol. The van der Waals surface area contributed by atoms with Crippen LogP contribution in [0.1, 0.15) is 66.2 Å². The van der Waals surface area contributed by atoms with E-state index in [1.807, 2.05) is 13.0 Å². The molecule has 2 unspecified atom stereocenters. The van der Waals surface area contributed by atoms with Gasteiger partial charge in [0.15, 0.2) is 11.6 Å². The molecule has 0 aromatic heterocycles. The topological polar surface area (TPSA) is 76.0 Å². The van der Waals surface area contributed by atoms with E-state index < -0.39 is 29.0 Å². The maximum Gasteiger partial charge on any atom is 0.169 e. The molecular formula is C26H36O5. The van der Waals surface area contributed by atoms with E-state index >= 15 is 0 Å². The minimum Gasteiger partial charge on any atom is -0.386 e. The summed E-state index contributed by atoms with van der Waals surface area (Å²) in [6.07, 6.45) is 7.85. The molecule has 2 spiro atoms. The van der Waals surface area contributed by atoms with Crippen molar-refractivity contribution >= 4 is 5.78 Å². The molecule has 1 aliphatic heterocycles. The molecule has 1 heterocycles. The summed E-state index contributed by atoms with van der Waals surface area (Å²) in [6.45, 7) is 8.84. The third-order valence-corrected chi connectivity index (χ3v) is 10.2. The zero-order chi connectivity index (χ0) is 22.0. The molecule has 2 N–H and O–H groups in total. The van der Waals surface area contributed by atoms with E-state index in [-0.39, 0.29) is 29.0 Å². The molecule has 4 fully saturated rings. The summed E-state index contributed by atoms with van der Waals surface area (Å²) in [4.78, 5) is 14.3. The molecule has 0 aromatic rings.